The van der Waals surface area contributed by atoms with Crippen LogP contribution in [-0.2, 0) is 6.54 Å². The number of hydrogen-bond donors (Lipinski definition) is 1. The molecule has 0 aliphatic carbocycles. The lowest BCUT2D eigenvalue weighted by molar-refractivity contribution is -0.387. The number of hydrogen-bond acceptors (Lipinski definition) is 3. The van der Waals surface area contributed by atoms with Gasteiger partial charge in [0.05, 0.1) is 4.92 Å². The maximum atomic E-state index is 13.3. The minimum atomic E-state index is -0.776. The lowest BCUT2D eigenvalue weighted by Crippen LogP contribution is -2.15. The Labute approximate surface area is 106 Å². The summed E-state index contributed by atoms with van der Waals surface area (Å²) in [5.74, 6) is -0.0925. The second kappa shape index (κ2) is 7.06. The van der Waals surface area contributed by atoms with Crippen LogP contribution in [0.4, 0.5) is 10.1 Å². The summed E-state index contributed by atoms with van der Waals surface area (Å²) in [6.45, 7) is 5.75. The molecule has 0 radical (unpaired) electrons. The zero-order chi connectivity index (χ0) is 13.5. The molecule has 0 unspecified atom stereocenters. The van der Waals surface area contributed by atoms with Gasteiger partial charge in [0.15, 0.2) is 0 Å². The maximum Gasteiger partial charge on any atom is 0.304 e. The summed E-state index contributed by atoms with van der Waals surface area (Å²) in [4.78, 5) is 9.73. The number of nitrogens with one attached hydrogen (secondary N) is 1. The van der Waals surface area contributed by atoms with Gasteiger partial charge in [-0.1, -0.05) is 19.9 Å². The monoisotopic (exact) mass is 254 g/mol. The summed E-state index contributed by atoms with van der Waals surface area (Å²) >= 11 is 0. The normalized spacial score (nSPS) is 10.9. The van der Waals surface area contributed by atoms with Crippen LogP contribution in [-0.4, -0.2) is 11.5 Å². The summed E-state index contributed by atoms with van der Waals surface area (Å²) in [6, 6.07) is 4.00. The van der Waals surface area contributed by atoms with Crippen LogP contribution in [0.1, 0.15) is 32.3 Å². The maximum absolute atomic E-state index is 13.3. The van der Waals surface area contributed by atoms with E-state index in [9.17, 15) is 14.5 Å². The van der Waals surface area contributed by atoms with Gasteiger partial charge in [0.1, 0.15) is 0 Å². The number of benzene rings is 1. The number of nitrogens with zero attached hydrogens (tertiary/aromatic N) is 1. The van der Waals surface area contributed by atoms with Crippen LogP contribution in [0.15, 0.2) is 18.2 Å². The highest BCUT2D eigenvalue weighted by Crippen LogP contribution is 2.17. The Morgan fingerprint density at radius 3 is 2.72 bits per heavy atom. The predicted octanol–water partition coefficient (Wildman–Crippen LogP) is 3.26. The fourth-order valence-corrected chi connectivity index (χ4v) is 1.68. The molecule has 0 amide bonds. The number of halogens is 1. The first-order valence-electron chi connectivity index (χ1n) is 6.14. The van der Waals surface area contributed by atoms with Crippen molar-refractivity contribution in [3.05, 3.63) is 39.7 Å². The van der Waals surface area contributed by atoms with Crippen LogP contribution < -0.4 is 5.32 Å². The van der Waals surface area contributed by atoms with E-state index >= 15 is 0 Å². The second-order valence-corrected chi connectivity index (χ2v) is 4.76. The molecule has 100 valence electrons. The molecule has 0 atom stereocenters. The number of nitro groups is 1. The van der Waals surface area contributed by atoms with Gasteiger partial charge in [0.25, 0.3) is 0 Å². The Balaban J connectivity index is 2.39. The highest BCUT2D eigenvalue weighted by Gasteiger charge is 2.13. The summed E-state index contributed by atoms with van der Waals surface area (Å²) in [6.07, 6.45) is 2.23. The van der Waals surface area contributed by atoms with Crippen LogP contribution in [0.2, 0.25) is 0 Å². The van der Waals surface area contributed by atoms with Crippen molar-refractivity contribution in [2.24, 2.45) is 5.92 Å². The summed E-state index contributed by atoms with van der Waals surface area (Å²) in [5, 5.41) is 13.6. The van der Waals surface area contributed by atoms with E-state index in [4.69, 9.17) is 0 Å². The zero-order valence-electron chi connectivity index (χ0n) is 10.8. The van der Waals surface area contributed by atoms with Gasteiger partial charge in [-0.25, -0.2) is 0 Å². The molecule has 18 heavy (non-hydrogen) atoms. The van der Waals surface area contributed by atoms with Gasteiger partial charge in [-0.15, -0.1) is 0 Å². The molecule has 1 aromatic carbocycles. The fraction of sp³-hybridized carbons (Fsp3) is 0.538. The Morgan fingerprint density at radius 1 is 1.44 bits per heavy atom. The molecule has 0 heterocycles. The van der Waals surface area contributed by atoms with E-state index in [0.717, 1.165) is 24.9 Å². The van der Waals surface area contributed by atoms with E-state index in [-0.39, 0.29) is 0 Å². The molecule has 1 N–H and O–H groups in total. The van der Waals surface area contributed by atoms with Gasteiger partial charge in [0.2, 0.25) is 5.82 Å². The van der Waals surface area contributed by atoms with Gasteiger partial charge in [0, 0.05) is 12.6 Å². The van der Waals surface area contributed by atoms with E-state index in [1.54, 1.807) is 6.07 Å². The lowest BCUT2D eigenvalue weighted by atomic mass is 10.1. The predicted molar refractivity (Wildman–Crippen MR) is 68.8 cm³/mol. The number of nitro benzene ring substituents is 1. The van der Waals surface area contributed by atoms with Gasteiger partial charge >= 0.3 is 5.69 Å². The Bertz CT molecular complexity index is 408. The van der Waals surface area contributed by atoms with Crippen molar-refractivity contribution in [2.75, 3.05) is 6.54 Å². The quantitative estimate of drug-likeness (QED) is 0.461. The fourth-order valence-electron chi connectivity index (χ4n) is 1.68. The molecule has 5 heteroatoms. The smallest absolute Gasteiger partial charge is 0.304 e. The first-order valence-corrected chi connectivity index (χ1v) is 6.14. The first kappa shape index (κ1) is 14.6. The van der Waals surface area contributed by atoms with Crippen molar-refractivity contribution in [1.82, 2.24) is 5.32 Å². The van der Waals surface area contributed by atoms with Crippen LogP contribution in [0, 0.1) is 21.8 Å². The molecule has 0 aromatic heterocycles. The third-order valence-electron chi connectivity index (χ3n) is 2.67. The van der Waals surface area contributed by atoms with Crippen molar-refractivity contribution in [2.45, 2.75) is 33.2 Å². The summed E-state index contributed by atoms with van der Waals surface area (Å²) < 4.78 is 13.3. The lowest BCUT2D eigenvalue weighted by Gasteiger charge is -2.06. The molecular formula is C13H19FN2O2. The molecule has 0 aliphatic rings. The van der Waals surface area contributed by atoms with Crippen molar-refractivity contribution in [3.63, 3.8) is 0 Å². The van der Waals surface area contributed by atoms with Gasteiger partial charge in [-0.05, 0) is 36.9 Å². The second-order valence-electron chi connectivity index (χ2n) is 4.76. The highest BCUT2D eigenvalue weighted by atomic mass is 19.1. The van der Waals surface area contributed by atoms with Crippen molar-refractivity contribution in [1.29, 1.82) is 0 Å². The average Bonchev–Trinajstić information content (AvgIpc) is 2.27. The highest BCUT2D eigenvalue weighted by molar-refractivity contribution is 5.34. The minimum Gasteiger partial charge on any atom is -0.313 e. The van der Waals surface area contributed by atoms with E-state index < -0.39 is 16.4 Å². The van der Waals surface area contributed by atoms with Gasteiger partial charge in [-0.3, -0.25) is 10.1 Å². The van der Waals surface area contributed by atoms with Crippen LogP contribution in [0.3, 0.4) is 0 Å². The number of rotatable bonds is 7. The van der Waals surface area contributed by atoms with Crippen LogP contribution >= 0.6 is 0 Å². The van der Waals surface area contributed by atoms with E-state index in [1.165, 1.54) is 12.1 Å². The molecule has 4 nitrogen and oxygen atoms in total. The molecule has 0 fully saturated rings. The molecular weight excluding hydrogens is 235 g/mol. The van der Waals surface area contributed by atoms with Crippen molar-refractivity contribution < 1.29 is 9.31 Å². The molecule has 0 bridgehead atoms. The third kappa shape index (κ3) is 4.79. The summed E-state index contributed by atoms with van der Waals surface area (Å²) in [5.41, 5.74) is 0.251. The Hall–Kier alpha value is -1.49. The van der Waals surface area contributed by atoms with E-state index in [2.05, 4.69) is 19.2 Å². The van der Waals surface area contributed by atoms with Gasteiger partial charge < -0.3 is 5.32 Å². The first-order chi connectivity index (χ1) is 8.50. The molecule has 0 saturated heterocycles. The zero-order valence-corrected chi connectivity index (χ0v) is 10.8. The van der Waals surface area contributed by atoms with Gasteiger partial charge in [-0.2, -0.15) is 4.39 Å². The van der Waals surface area contributed by atoms with Crippen LogP contribution in [0.5, 0.6) is 0 Å². The molecule has 0 aliphatic heterocycles. The third-order valence-corrected chi connectivity index (χ3v) is 2.67. The molecule has 1 aromatic rings. The average molecular weight is 254 g/mol. The largest absolute Gasteiger partial charge is 0.313 e. The van der Waals surface area contributed by atoms with Crippen molar-refractivity contribution >= 4 is 5.69 Å². The van der Waals surface area contributed by atoms with Crippen molar-refractivity contribution in [3.8, 4) is 0 Å². The summed E-state index contributed by atoms with van der Waals surface area (Å²) in [7, 11) is 0. The molecule has 1 rings (SSSR count). The topological polar surface area (TPSA) is 55.2 Å². The molecule has 0 spiro atoms. The Morgan fingerprint density at radius 2 is 2.17 bits per heavy atom. The Kier molecular flexibility index (Phi) is 5.71. The standard InChI is InChI=1S/C13H19FN2O2/c1-10(2)4-3-7-15-9-11-5-6-13(16(17)18)12(14)8-11/h5-6,8,10,15H,3-4,7,9H2,1-2H3. The molecule has 0 saturated carbocycles. The van der Waals surface area contributed by atoms with Crippen LogP contribution in [0.25, 0.3) is 0 Å². The SMILES string of the molecule is CC(C)CCCNCc1ccc([N+](=O)[O-])c(F)c1. The minimum absolute atomic E-state index is 0.474. The van der Waals surface area contributed by atoms with E-state index in [0.29, 0.717) is 12.5 Å². The van der Waals surface area contributed by atoms with E-state index in [1.807, 2.05) is 0 Å².